The van der Waals surface area contributed by atoms with E-state index in [-0.39, 0.29) is 5.56 Å². The zero-order chi connectivity index (χ0) is 23.7. The van der Waals surface area contributed by atoms with E-state index in [0.717, 1.165) is 41.9 Å². The number of hydrogen-bond donors (Lipinski definition) is 1. The van der Waals surface area contributed by atoms with Crippen LogP contribution in [0.5, 0.6) is 0 Å². The van der Waals surface area contributed by atoms with Crippen molar-refractivity contribution in [2.24, 2.45) is 7.05 Å². The van der Waals surface area contributed by atoms with Gasteiger partial charge in [0.1, 0.15) is 0 Å². The van der Waals surface area contributed by atoms with Gasteiger partial charge in [-0.15, -0.1) is 5.92 Å². The van der Waals surface area contributed by atoms with E-state index in [1.54, 1.807) is 6.92 Å². The summed E-state index contributed by atoms with van der Waals surface area (Å²) in [5.74, 6) is 6.63. The Kier molecular flexibility index (Phi) is 5.78. The van der Waals surface area contributed by atoms with E-state index in [2.05, 4.69) is 22.1 Å². The maximum Gasteiger partial charge on any atom is 0.337 e. The second kappa shape index (κ2) is 9.04. The highest BCUT2D eigenvalue weighted by Gasteiger charge is 2.24. The van der Waals surface area contributed by atoms with Crippen molar-refractivity contribution >= 4 is 17.1 Å². The maximum atomic E-state index is 13.3. The van der Waals surface area contributed by atoms with Gasteiger partial charge in [0, 0.05) is 33.2 Å². The van der Waals surface area contributed by atoms with Gasteiger partial charge in [-0.25, -0.2) is 9.36 Å². The second-order valence-corrected chi connectivity index (χ2v) is 8.23. The third kappa shape index (κ3) is 3.70. The Balaban J connectivity index is 1.73. The van der Waals surface area contributed by atoms with Gasteiger partial charge in [0.05, 0.1) is 12.2 Å². The molecule has 1 saturated heterocycles. The summed E-state index contributed by atoms with van der Waals surface area (Å²) in [5.41, 5.74) is 2.73. The molecule has 2 aromatic carbocycles. The molecule has 0 saturated carbocycles. The van der Waals surface area contributed by atoms with Crippen molar-refractivity contribution in [2.45, 2.75) is 13.5 Å². The number of rotatable bonds is 4. The standard InChI is InChI=1S/C26H26N6O2/c1-3-4-16-31-22-23(28-25(31)30-17-14-27-15-18-30)32(26(34)29(2)24(22)33)21-12-10-20(11-13-21)19-8-6-5-7-9-19/h5-13,27H,14-18H2,1-2H3. The van der Waals surface area contributed by atoms with Crippen LogP contribution in [0.15, 0.2) is 64.2 Å². The van der Waals surface area contributed by atoms with Crippen LogP contribution in [0.25, 0.3) is 28.0 Å². The molecule has 0 aliphatic carbocycles. The normalized spacial score (nSPS) is 13.6. The van der Waals surface area contributed by atoms with Crippen LogP contribution in [0.4, 0.5) is 5.95 Å². The third-order valence-corrected chi connectivity index (χ3v) is 6.17. The summed E-state index contributed by atoms with van der Waals surface area (Å²) < 4.78 is 4.51. The molecule has 0 unspecified atom stereocenters. The van der Waals surface area contributed by atoms with E-state index in [9.17, 15) is 9.59 Å². The molecule has 0 bridgehead atoms. The van der Waals surface area contributed by atoms with Crippen LogP contribution in [0.2, 0.25) is 0 Å². The fourth-order valence-electron chi connectivity index (χ4n) is 4.36. The quantitative estimate of drug-likeness (QED) is 0.477. The van der Waals surface area contributed by atoms with Gasteiger partial charge < -0.3 is 10.2 Å². The number of aromatic nitrogens is 4. The summed E-state index contributed by atoms with van der Waals surface area (Å²) in [6, 6.07) is 17.8. The minimum atomic E-state index is -0.428. The molecular weight excluding hydrogens is 428 g/mol. The number of nitrogens with zero attached hydrogens (tertiary/aromatic N) is 5. The molecule has 4 aromatic rings. The van der Waals surface area contributed by atoms with Crippen LogP contribution in [0.1, 0.15) is 6.92 Å². The van der Waals surface area contributed by atoms with Crippen molar-refractivity contribution in [2.75, 3.05) is 31.1 Å². The number of imidazole rings is 1. The van der Waals surface area contributed by atoms with Gasteiger partial charge in [-0.1, -0.05) is 48.4 Å². The van der Waals surface area contributed by atoms with Crippen LogP contribution in [0.3, 0.4) is 0 Å². The molecule has 0 spiro atoms. The molecule has 172 valence electrons. The van der Waals surface area contributed by atoms with Crippen LogP contribution >= 0.6 is 0 Å². The van der Waals surface area contributed by atoms with Gasteiger partial charge >= 0.3 is 5.69 Å². The van der Waals surface area contributed by atoms with Crippen molar-refractivity contribution in [3.8, 4) is 28.7 Å². The van der Waals surface area contributed by atoms with Gasteiger partial charge in [0.25, 0.3) is 5.56 Å². The van der Waals surface area contributed by atoms with Gasteiger partial charge in [-0.3, -0.25) is 13.9 Å². The molecule has 34 heavy (non-hydrogen) atoms. The first-order valence-electron chi connectivity index (χ1n) is 11.3. The summed E-state index contributed by atoms with van der Waals surface area (Å²) in [7, 11) is 1.51. The monoisotopic (exact) mass is 454 g/mol. The lowest BCUT2D eigenvalue weighted by Gasteiger charge is -2.28. The number of anilines is 1. The first-order chi connectivity index (χ1) is 16.6. The molecule has 3 heterocycles. The summed E-state index contributed by atoms with van der Waals surface area (Å²) in [6.45, 7) is 5.28. The zero-order valence-corrected chi connectivity index (χ0v) is 19.3. The fraction of sp³-hybridized carbons (Fsp3) is 0.269. The van der Waals surface area contributed by atoms with Gasteiger partial charge in [-0.2, -0.15) is 4.98 Å². The van der Waals surface area contributed by atoms with E-state index in [1.807, 2.05) is 59.2 Å². The number of piperazine rings is 1. The van der Waals surface area contributed by atoms with Crippen molar-refractivity contribution in [3.63, 3.8) is 0 Å². The molecule has 1 N–H and O–H groups in total. The Hall–Kier alpha value is -4.09. The fourth-order valence-corrected chi connectivity index (χ4v) is 4.36. The lowest BCUT2D eigenvalue weighted by Crippen LogP contribution is -2.44. The zero-order valence-electron chi connectivity index (χ0n) is 19.3. The SMILES string of the molecule is CC#CCn1c(N2CCNCC2)nc2c1c(=O)n(C)c(=O)n2-c1ccc(-c2ccccc2)cc1. The smallest absolute Gasteiger partial charge is 0.337 e. The summed E-state index contributed by atoms with van der Waals surface area (Å²) >= 11 is 0. The topological polar surface area (TPSA) is 77.1 Å². The van der Waals surface area contributed by atoms with Crippen molar-refractivity contribution in [1.82, 2.24) is 24.0 Å². The Labute approximate surface area is 197 Å². The molecule has 1 aliphatic heterocycles. The van der Waals surface area contributed by atoms with Crippen molar-refractivity contribution in [1.29, 1.82) is 0 Å². The van der Waals surface area contributed by atoms with Gasteiger partial charge in [0.15, 0.2) is 11.2 Å². The molecule has 2 aromatic heterocycles. The predicted molar refractivity (Wildman–Crippen MR) is 135 cm³/mol. The van der Waals surface area contributed by atoms with Gasteiger partial charge in [0.2, 0.25) is 5.95 Å². The van der Waals surface area contributed by atoms with E-state index >= 15 is 0 Å². The number of fused-ring (bicyclic) bond motifs is 1. The van der Waals surface area contributed by atoms with E-state index in [4.69, 9.17) is 4.98 Å². The molecule has 1 fully saturated rings. The lowest BCUT2D eigenvalue weighted by molar-refractivity contribution is 0.573. The van der Waals surface area contributed by atoms with Crippen LogP contribution in [0, 0.1) is 11.8 Å². The highest BCUT2D eigenvalue weighted by Crippen LogP contribution is 2.24. The largest absolute Gasteiger partial charge is 0.340 e. The Bertz CT molecular complexity index is 1510. The predicted octanol–water partition coefficient (Wildman–Crippen LogP) is 1.99. The number of benzene rings is 2. The van der Waals surface area contributed by atoms with E-state index in [1.165, 1.54) is 11.6 Å². The van der Waals surface area contributed by atoms with Crippen molar-refractivity contribution in [3.05, 3.63) is 75.4 Å². The number of nitrogens with one attached hydrogen (secondary N) is 1. The number of hydrogen-bond acceptors (Lipinski definition) is 5. The molecule has 5 rings (SSSR count). The lowest BCUT2D eigenvalue weighted by atomic mass is 10.1. The van der Waals surface area contributed by atoms with E-state index < -0.39 is 5.69 Å². The molecule has 0 radical (unpaired) electrons. The Morgan fingerprint density at radius 3 is 2.32 bits per heavy atom. The summed E-state index contributed by atoms with van der Waals surface area (Å²) in [5, 5.41) is 3.34. The highest BCUT2D eigenvalue weighted by molar-refractivity contribution is 5.77. The molecular formula is C26H26N6O2. The minimum absolute atomic E-state index is 0.326. The first kappa shape index (κ1) is 21.7. The van der Waals surface area contributed by atoms with Crippen LogP contribution < -0.4 is 21.5 Å². The van der Waals surface area contributed by atoms with Gasteiger partial charge in [-0.05, 0) is 30.2 Å². The highest BCUT2D eigenvalue weighted by atomic mass is 16.2. The average Bonchev–Trinajstić information content (AvgIpc) is 3.26. The van der Waals surface area contributed by atoms with Crippen molar-refractivity contribution < 1.29 is 0 Å². The molecule has 0 atom stereocenters. The summed E-state index contributed by atoms with van der Waals surface area (Å²) in [6.07, 6.45) is 0. The average molecular weight is 455 g/mol. The Morgan fingerprint density at radius 1 is 0.971 bits per heavy atom. The van der Waals surface area contributed by atoms with E-state index in [0.29, 0.717) is 29.3 Å². The second-order valence-electron chi connectivity index (χ2n) is 8.23. The summed E-state index contributed by atoms with van der Waals surface area (Å²) in [4.78, 5) is 33.5. The molecule has 8 heteroatoms. The maximum absolute atomic E-state index is 13.3. The van der Waals surface area contributed by atoms with Crippen LogP contribution in [-0.4, -0.2) is 44.9 Å². The molecule has 8 nitrogen and oxygen atoms in total. The van der Waals surface area contributed by atoms with Crippen LogP contribution in [-0.2, 0) is 13.6 Å². The molecule has 1 aliphatic rings. The molecule has 0 amide bonds. The Morgan fingerprint density at radius 2 is 1.65 bits per heavy atom. The third-order valence-electron chi connectivity index (χ3n) is 6.17. The minimum Gasteiger partial charge on any atom is -0.340 e. The first-order valence-corrected chi connectivity index (χ1v) is 11.3.